The van der Waals surface area contributed by atoms with Crippen molar-refractivity contribution in [3.63, 3.8) is 0 Å². The van der Waals surface area contributed by atoms with Gasteiger partial charge in [-0.25, -0.2) is 4.98 Å². The number of anilines is 4. The summed E-state index contributed by atoms with van der Waals surface area (Å²) in [5.74, 6) is 2.42. The highest BCUT2D eigenvalue weighted by molar-refractivity contribution is 6.10. The van der Waals surface area contributed by atoms with Gasteiger partial charge in [0.05, 0.1) is 22.4 Å². The van der Waals surface area contributed by atoms with Crippen molar-refractivity contribution >= 4 is 44.6 Å². The number of fused-ring (bicyclic) bond motifs is 4. The Morgan fingerprint density at radius 2 is 0.861 bits per heavy atom. The Bertz CT molecular complexity index is 3710. The molecule has 79 heavy (non-hydrogen) atoms. The van der Waals surface area contributed by atoms with E-state index in [1.54, 1.807) is 0 Å². The highest BCUT2D eigenvalue weighted by Crippen LogP contribution is 2.52. The van der Waals surface area contributed by atoms with Crippen molar-refractivity contribution in [2.45, 2.75) is 169 Å². The fourth-order valence-electron chi connectivity index (χ4n) is 11.7. The molecule has 5 heteroatoms. The minimum absolute atomic E-state index is 0.0261. The summed E-state index contributed by atoms with van der Waals surface area (Å²) in [7, 11) is 0. The molecule has 1 aliphatic heterocycles. The van der Waals surface area contributed by atoms with Gasteiger partial charge < -0.3 is 14.5 Å². The van der Waals surface area contributed by atoms with E-state index < -0.39 is 0 Å². The normalized spacial score (nSPS) is 13.9. The Labute approximate surface area is 473 Å². The Kier molecular flexibility index (Phi) is 13.5. The second kappa shape index (κ2) is 19.3. The second-order valence-electron chi connectivity index (χ2n) is 28.9. The van der Waals surface area contributed by atoms with Gasteiger partial charge in [-0.1, -0.05) is 204 Å². The van der Waals surface area contributed by atoms with E-state index in [0.717, 1.165) is 39.4 Å². The zero-order chi connectivity index (χ0) is 57.0. The Morgan fingerprint density at radius 1 is 0.354 bits per heavy atom. The Morgan fingerprint density at radius 3 is 1.38 bits per heavy atom. The lowest BCUT2D eigenvalue weighted by Crippen LogP contribution is -2.26. The van der Waals surface area contributed by atoms with Crippen molar-refractivity contribution in [2.24, 2.45) is 0 Å². The van der Waals surface area contributed by atoms with Gasteiger partial charge in [0.1, 0.15) is 24.0 Å². The third kappa shape index (κ3) is 10.5. The fourth-order valence-corrected chi connectivity index (χ4v) is 11.7. The molecule has 0 atom stereocenters. The van der Waals surface area contributed by atoms with Gasteiger partial charge in [-0.15, -0.1) is 0 Å². The molecule has 0 amide bonds. The van der Waals surface area contributed by atoms with Crippen molar-refractivity contribution in [2.75, 3.05) is 16.5 Å². The maximum atomic E-state index is 7.33. The van der Waals surface area contributed by atoms with Crippen LogP contribution < -0.4 is 14.5 Å². The molecule has 408 valence electrons. The molecule has 0 saturated carbocycles. The Balaban J connectivity index is 1.17. The molecule has 5 nitrogen and oxygen atoms in total. The molecule has 9 aromatic rings. The maximum absolute atomic E-state index is 7.33. The van der Waals surface area contributed by atoms with E-state index in [1.165, 1.54) is 72.5 Å². The van der Waals surface area contributed by atoms with Crippen LogP contribution in [0, 0.1) is 0 Å². The maximum Gasteiger partial charge on any atom is 0.137 e. The molecule has 1 aliphatic rings. The van der Waals surface area contributed by atoms with Gasteiger partial charge in [0.25, 0.3) is 0 Å². The molecule has 0 aliphatic carbocycles. The smallest absolute Gasteiger partial charge is 0.137 e. The zero-order valence-electron chi connectivity index (χ0n) is 51.0. The molecule has 0 spiro atoms. The number of ether oxygens (including phenoxy) is 1. The number of rotatable bonds is 9. The lowest BCUT2D eigenvalue weighted by Gasteiger charge is -2.32. The van der Waals surface area contributed by atoms with Crippen LogP contribution in [-0.4, -0.2) is 16.2 Å². The highest BCUT2D eigenvalue weighted by Gasteiger charge is 2.37. The average molecular weight is 1050 g/mol. The van der Waals surface area contributed by atoms with Crippen LogP contribution in [-0.2, 0) is 37.9 Å². The van der Waals surface area contributed by atoms with Gasteiger partial charge in [-0.2, -0.15) is 0 Å². The van der Waals surface area contributed by atoms with Crippen molar-refractivity contribution in [3.05, 3.63) is 214 Å². The number of nitrogens with zero attached hydrogens (tertiary/aromatic N) is 4. The van der Waals surface area contributed by atoms with Gasteiger partial charge in [0, 0.05) is 51.3 Å². The molecule has 0 bridgehead atoms. The van der Waals surface area contributed by atoms with Crippen LogP contribution in [0.3, 0.4) is 0 Å². The van der Waals surface area contributed by atoms with Crippen LogP contribution in [0.2, 0.25) is 0 Å². The van der Waals surface area contributed by atoms with E-state index in [2.05, 4.69) is 304 Å². The molecule has 7 aromatic carbocycles. The SMILES string of the molecule is CC(C)(C)c1cc(N2CN(c3cc(Oc4ccc5c6cc(C(C)(C)C)ccc6n(-c6cc(C(C)(C)c7ccccc7)ccn6)c5c4)cc(C(C)(C)c4ccccc4)c3)c3cc(C(C)(C)C)c(C(C)(C)C)cc32)cc(C(C)(C)C)c1. The van der Waals surface area contributed by atoms with Crippen molar-refractivity contribution < 1.29 is 4.74 Å². The first-order valence-corrected chi connectivity index (χ1v) is 28.7. The van der Waals surface area contributed by atoms with Crippen molar-refractivity contribution in [1.82, 2.24) is 9.55 Å². The van der Waals surface area contributed by atoms with Gasteiger partial charge in [0.15, 0.2) is 0 Å². The second-order valence-corrected chi connectivity index (χ2v) is 28.9. The summed E-state index contributed by atoms with van der Waals surface area (Å²) < 4.78 is 9.67. The lowest BCUT2D eigenvalue weighted by atomic mass is 9.74. The largest absolute Gasteiger partial charge is 0.457 e. The van der Waals surface area contributed by atoms with E-state index in [1.807, 2.05) is 6.20 Å². The molecule has 10 rings (SSSR count). The Hall–Kier alpha value is -7.11. The fraction of sp³-hybridized carbons (Fsp3) is 0.365. The third-order valence-electron chi connectivity index (χ3n) is 17.0. The highest BCUT2D eigenvalue weighted by atomic mass is 16.5. The standard InChI is InChI=1S/C74H86N4O/c1-68(2,3)50-30-33-63-60(41-50)59-32-31-57(44-64(59)78(63)67-42-51(34-35-75-67)73(16,17)48-26-22-20-23-27-48)79-58-40-54(74(18,19)49-28-24-21-25-29-49)39-56(43-58)77-47-76(55-37-52(69(4,5)6)36-53(38-55)70(7,8)9)65-45-61(71(10,11)12)62(46-66(65)77)72(13,14)15/h20-46H,47H2,1-19H3. The summed E-state index contributed by atoms with van der Waals surface area (Å²) in [5.41, 5.74) is 17.5. The lowest BCUT2D eigenvalue weighted by molar-refractivity contribution is 0.480. The summed E-state index contributed by atoms with van der Waals surface area (Å²) >= 11 is 0. The first kappa shape index (κ1) is 55.2. The van der Waals surface area contributed by atoms with E-state index in [9.17, 15) is 0 Å². The number of aromatic nitrogens is 2. The van der Waals surface area contributed by atoms with Crippen molar-refractivity contribution in [3.8, 4) is 17.3 Å². The molecular weight excluding hydrogens is 961 g/mol. The molecule has 0 radical (unpaired) electrons. The number of pyridine rings is 1. The van der Waals surface area contributed by atoms with E-state index >= 15 is 0 Å². The average Bonchev–Trinajstić information content (AvgIpc) is 4.10. The number of hydrogen-bond donors (Lipinski definition) is 0. The van der Waals surface area contributed by atoms with Gasteiger partial charge in [-0.3, -0.25) is 4.57 Å². The summed E-state index contributed by atoms with van der Waals surface area (Å²) in [6.07, 6.45) is 1.97. The van der Waals surface area contributed by atoms with Gasteiger partial charge in [-0.05, 0) is 150 Å². The van der Waals surface area contributed by atoms with Gasteiger partial charge in [0.2, 0.25) is 0 Å². The monoisotopic (exact) mass is 1050 g/mol. The number of hydrogen-bond acceptors (Lipinski definition) is 4. The van der Waals surface area contributed by atoms with E-state index in [4.69, 9.17) is 9.72 Å². The summed E-state index contributed by atoms with van der Waals surface area (Å²) in [4.78, 5) is 10.2. The van der Waals surface area contributed by atoms with Crippen LogP contribution >= 0.6 is 0 Å². The summed E-state index contributed by atoms with van der Waals surface area (Å²) in [6.45, 7) is 44.9. The van der Waals surface area contributed by atoms with E-state index in [0.29, 0.717) is 6.67 Å². The third-order valence-corrected chi connectivity index (χ3v) is 17.0. The molecule has 0 N–H and O–H groups in total. The quantitative estimate of drug-likeness (QED) is 0.144. The minimum atomic E-state index is -0.363. The van der Waals surface area contributed by atoms with Crippen LogP contribution in [0.5, 0.6) is 11.5 Å². The first-order chi connectivity index (χ1) is 36.8. The number of benzene rings is 7. The molecule has 2 aromatic heterocycles. The van der Waals surface area contributed by atoms with Crippen LogP contribution in [0.1, 0.15) is 182 Å². The summed E-state index contributed by atoms with van der Waals surface area (Å²) in [6, 6.07) is 59.0. The van der Waals surface area contributed by atoms with E-state index in [-0.39, 0.29) is 37.9 Å². The molecular formula is C74H86N4O. The zero-order valence-corrected chi connectivity index (χ0v) is 51.0. The van der Waals surface area contributed by atoms with Crippen LogP contribution in [0.15, 0.2) is 164 Å². The summed E-state index contributed by atoms with van der Waals surface area (Å²) in [5, 5.41) is 2.35. The first-order valence-electron chi connectivity index (χ1n) is 28.7. The van der Waals surface area contributed by atoms with Crippen LogP contribution in [0.25, 0.3) is 27.6 Å². The van der Waals surface area contributed by atoms with Gasteiger partial charge >= 0.3 is 0 Å². The topological polar surface area (TPSA) is 33.5 Å². The van der Waals surface area contributed by atoms with Crippen molar-refractivity contribution in [1.29, 1.82) is 0 Å². The molecule has 3 heterocycles. The predicted octanol–water partition coefficient (Wildman–Crippen LogP) is 20.4. The molecule has 0 fully saturated rings. The molecule has 0 unspecified atom stereocenters. The van der Waals surface area contributed by atoms with Crippen LogP contribution in [0.4, 0.5) is 22.7 Å². The predicted molar refractivity (Wildman–Crippen MR) is 338 cm³/mol. The minimum Gasteiger partial charge on any atom is -0.457 e. The molecule has 0 saturated heterocycles.